The van der Waals surface area contributed by atoms with Crippen LogP contribution < -0.4 is 20.7 Å². The number of benzene rings is 2. The first-order chi connectivity index (χ1) is 16.9. The summed E-state index contributed by atoms with van der Waals surface area (Å²) >= 11 is 5.44. The van der Waals surface area contributed by atoms with Crippen LogP contribution in [0.4, 0.5) is 16.0 Å². The van der Waals surface area contributed by atoms with E-state index in [-0.39, 0.29) is 5.82 Å². The monoisotopic (exact) mass is 491 g/mol. The number of rotatable bonds is 6. The second-order valence-corrected chi connectivity index (χ2v) is 8.30. The van der Waals surface area contributed by atoms with Gasteiger partial charge in [0.15, 0.2) is 5.11 Å². The third-order valence-corrected chi connectivity index (χ3v) is 5.38. The van der Waals surface area contributed by atoms with Gasteiger partial charge in [0.2, 0.25) is 11.9 Å². The van der Waals surface area contributed by atoms with Gasteiger partial charge in [0.25, 0.3) is 0 Å². The van der Waals surface area contributed by atoms with Gasteiger partial charge >= 0.3 is 0 Å². The molecule has 10 heteroatoms. The van der Waals surface area contributed by atoms with Gasteiger partial charge in [-0.2, -0.15) is 0 Å². The number of fused-ring (bicyclic) bond motifs is 1. The molecule has 0 spiro atoms. The Morgan fingerprint density at radius 1 is 1.06 bits per heavy atom. The van der Waals surface area contributed by atoms with Crippen LogP contribution in [0.25, 0.3) is 10.9 Å². The van der Waals surface area contributed by atoms with Crippen LogP contribution in [0.2, 0.25) is 0 Å². The minimum Gasteiger partial charge on any atom is -0.497 e. The SMILES string of the molecule is COc1ccc2[nH]cc(CCN=C(NC(=S)Nc3ccc(F)cc3)Nc3nc(C)cc(C)n3)c2c1. The van der Waals surface area contributed by atoms with Gasteiger partial charge in [0, 0.05) is 40.7 Å². The highest BCUT2D eigenvalue weighted by Gasteiger charge is 2.09. The molecule has 2 heterocycles. The lowest BCUT2D eigenvalue weighted by Crippen LogP contribution is -2.39. The molecule has 0 amide bonds. The Labute approximate surface area is 208 Å². The second kappa shape index (κ2) is 10.9. The van der Waals surface area contributed by atoms with Crippen molar-refractivity contribution in [2.24, 2.45) is 4.99 Å². The van der Waals surface area contributed by atoms with E-state index in [4.69, 9.17) is 17.0 Å². The van der Waals surface area contributed by atoms with E-state index in [1.54, 1.807) is 19.2 Å². The molecule has 0 aliphatic carbocycles. The molecule has 4 aromatic rings. The number of aromatic amines is 1. The third-order valence-electron chi connectivity index (χ3n) is 5.17. The normalized spacial score (nSPS) is 11.4. The van der Waals surface area contributed by atoms with E-state index in [1.165, 1.54) is 12.1 Å². The van der Waals surface area contributed by atoms with Gasteiger partial charge in [-0.3, -0.25) is 10.3 Å². The van der Waals surface area contributed by atoms with Gasteiger partial charge in [-0.25, -0.2) is 14.4 Å². The van der Waals surface area contributed by atoms with Gasteiger partial charge in [0.05, 0.1) is 7.11 Å². The number of nitrogens with one attached hydrogen (secondary N) is 4. The minimum absolute atomic E-state index is 0.295. The number of nitrogens with zero attached hydrogens (tertiary/aromatic N) is 3. The first-order valence-electron chi connectivity index (χ1n) is 11.0. The van der Waals surface area contributed by atoms with Crippen LogP contribution in [0.15, 0.2) is 59.7 Å². The van der Waals surface area contributed by atoms with Gasteiger partial charge in [-0.15, -0.1) is 0 Å². The largest absolute Gasteiger partial charge is 0.497 e. The van der Waals surface area contributed by atoms with Crippen molar-refractivity contribution in [3.8, 4) is 5.75 Å². The van der Waals surface area contributed by atoms with Gasteiger partial charge in [-0.05, 0) is 86.6 Å². The number of H-pyrrole nitrogens is 1. The van der Waals surface area contributed by atoms with E-state index in [1.807, 2.05) is 44.3 Å². The number of hydrogen-bond donors (Lipinski definition) is 4. The number of hydrogen-bond acceptors (Lipinski definition) is 5. The summed E-state index contributed by atoms with van der Waals surface area (Å²) in [5.41, 5.74) is 4.48. The molecule has 4 N–H and O–H groups in total. The van der Waals surface area contributed by atoms with Crippen LogP contribution in [0, 0.1) is 19.7 Å². The highest BCUT2D eigenvalue weighted by molar-refractivity contribution is 7.80. The van der Waals surface area contributed by atoms with Crippen LogP contribution in [0.3, 0.4) is 0 Å². The zero-order valence-corrected chi connectivity index (χ0v) is 20.5. The number of aliphatic imine (C=N–C) groups is 1. The average molecular weight is 492 g/mol. The summed E-state index contributed by atoms with van der Waals surface area (Å²) in [5, 5.41) is 10.6. The van der Waals surface area contributed by atoms with E-state index < -0.39 is 0 Å². The molecule has 0 fully saturated rings. The van der Waals surface area contributed by atoms with Crippen LogP contribution in [-0.2, 0) is 6.42 Å². The van der Waals surface area contributed by atoms with Crippen LogP contribution in [0.5, 0.6) is 5.75 Å². The fraction of sp³-hybridized carbons (Fsp3) is 0.200. The molecule has 180 valence electrons. The molecule has 0 atom stereocenters. The average Bonchev–Trinajstić information content (AvgIpc) is 3.22. The van der Waals surface area contributed by atoms with Crippen molar-refractivity contribution in [2.45, 2.75) is 20.3 Å². The summed E-state index contributed by atoms with van der Waals surface area (Å²) in [6.45, 7) is 4.27. The topological polar surface area (TPSA) is 99.2 Å². The van der Waals surface area contributed by atoms with Gasteiger partial charge < -0.3 is 20.4 Å². The van der Waals surface area contributed by atoms with Crippen molar-refractivity contribution < 1.29 is 9.13 Å². The maximum atomic E-state index is 13.2. The zero-order valence-electron chi connectivity index (χ0n) is 19.6. The quantitative estimate of drug-likeness (QED) is 0.176. The molecule has 0 saturated heterocycles. The fourth-order valence-electron chi connectivity index (χ4n) is 3.58. The molecule has 0 aliphatic heterocycles. The standard InChI is InChI=1S/C25H26FN7OS/c1-15-12-16(2)30-24(29-15)32-23(33-25(35)31-19-6-4-18(26)5-7-19)27-11-10-17-14-28-22-9-8-20(34-3)13-21(17)22/h4-9,12-14,28H,10-11H2,1-3H3,(H3,27,29,30,31,32,33,35). The summed E-state index contributed by atoms with van der Waals surface area (Å²) < 4.78 is 18.6. The Balaban J connectivity index is 1.50. The lowest BCUT2D eigenvalue weighted by atomic mass is 10.1. The van der Waals surface area contributed by atoms with Crippen molar-refractivity contribution in [3.63, 3.8) is 0 Å². The second-order valence-electron chi connectivity index (χ2n) is 7.89. The predicted octanol–water partition coefficient (Wildman–Crippen LogP) is 4.72. The highest BCUT2D eigenvalue weighted by atomic mass is 32.1. The number of anilines is 2. The number of ether oxygens (including phenoxy) is 1. The summed E-state index contributed by atoms with van der Waals surface area (Å²) in [6, 6.07) is 13.7. The third kappa shape index (κ3) is 6.51. The van der Waals surface area contributed by atoms with Crippen molar-refractivity contribution in [3.05, 3.63) is 77.5 Å². The molecular formula is C25H26FN7OS. The fourth-order valence-corrected chi connectivity index (χ4v) is 3.80. The van der Waals surface area contributed by atoms with Crippen molar-refractivity contribution in [2.75, 3.05) is 24.3 Å². The molecular weight excluding hydrogens is 465 g/mol. The number of halogens is 1. The van der Waals surface area contributed by atoms with E-state index >= 15 is 0 Å². The number of guanidine groups is 1. The number of aromatic nitrogens is 3. The van der Waals surface area contributed by atoms with Crippen LogP contribution in [0.1, 0.15) is 17.0 Å². The Kier molecular flexibility index (Phi) is 7.51. The maximum Gasteiger partial charge on any atom is 0.229 e. The Morgan fingerprint density at radius 3 is 2.51 bits per heavy atom. The molecule has 0 aliphatic rings. The Hall–Kier alpha value is -4.05. The Morgan fingerprint density at radius 2 is 1.80 bits per heavy atom. The zero-order chi connectivity index (χ0) is 24.8. The molecule has 35 heavy (non-hydrogen) atoms. The highest BCUT2D eigenvalue weighted by Crippen LogP contribution is 2.24. The number of thiocarbonyl (C=S) groups is 1. The first kappa shape index (κ1) is 24.1. The first-order valence-corrected chi connectivity index (χ1v) is 11.4. The van der Waals surface area contributed by atoms with E-state index in [9.17, 15) is 4.39 Å². The summed E-state index contributed by atoms with van der Waals surface area (Å²) in [6.07, 6.45) is 2.67. The molecule has 4 rings (SSSR count). The lowest BCUT2D eigenvalue weighted by molar-refractivity contribution is 0.415. The molecule has 0 bridgehead atoms. The maximum absolute atomic E-state index is 13.2. The molecule has 8 nitrogen and oxygen atoms in total. The van der Waals surface area contributed by atoms with Crippen molar-refractivity contribution in [1.29, 1.82) is 0 Å². The summed E-state index contributed by atoms with van der Waals surface area (Å²) in [4.78, 5) is 16.8. The van der Waals surface area contributed by atoms with Crippen molar-refractivity contribution in [1.82, 2.24) is 20.3 Å². The molecule has 0 saturated carbocycles. The van der Waals surface area contributed by atoms with E-state index in [2.05, 4.69) is 35.9 Å². The van der Waals surface area contributed by atoms with E-state index in [0.717, 1.165) is 33.6 Å². The van der Waals surface area contributed by atoms with Crippen LogP contribution in [-0.4, -0.2) is 39.7 Å². The minimum atomic E-state index is -0.319. The Bertz CT molecular complexity index is 1350. The number of aryl methyl sites for hydroxylation is 2. The van der Waals surface area contributed by atoms with Gasteiger partial charge in [-0.1, -0.05) is 0 Å². The van der Waals surface area contributed by atoms with E-state index in [0.29, 0.717) is 35.7 Å². The molecule has 2 aromatic carbocycles. The number of methoxy groups -OCH3 is 1. The molecule has 2 aromatic heterocycles. The smallest absolute Gasteiger partial charge is 0.229 e. The molecule has 0 unspecified atom stereocenters. The van der Waals surface area contributed by atoms with Gasteiger partial charge in [0.1, 0.15) is 11.6 Å². The van der Waals surface area contributed by atoms with Crippen LogP contribution >= 0.6 is 12.2 Å². The van der Waals surface area contributed by atoms with Crippen molar-refractivity contribution >= 4 is 45.8 Å². The predicted molar refractivity (Wildman–Crippen MR) is 142 cm³/mol. The summed E-state index contributed by atoms with van der Waals surface area (Å²) in [5.74, 6) is 1.29. The summed E-state index contributed by atoms with van der Waals surface area (Å²) in [7, 11) is 1.65. The molecule has 0 radical (unpaired) electrons. The lowest BCUT2D eigenvalue weighted by Gasteiger charge is -2.14.